The minimum Gasteiger partial charge on any atom is -0.368 e. The molecule has 0 aromatic carbocycles. The SMILES string of the molecule is C/C=C\n1nc(C)nc1N.CC. The molecule has 0 spiro atoms. The third-order valence-corrected chi connectivity index (χ3v) is 1.05. The summed E-state index contributed by atoms with van der Waals surface area (Å²) in [6.45, 7) is 7.70. The number of allylic oxidation sites excluding steroid dienone is 1. The van der Waals surface area contributed by atoms with Gasteiger partial charge in [-0.3, -0.25) is 0 Å². The Morgan fingerprint density at radius 2 is 2.00 bits per heavy atom. The first-order valence-electron chi connectivity index (χ1n) is 4.05. The number of hydrogen-bond donors (Lipinski definition) is 1. The Labute approximate surface area is 73.1 Å². The van der Waals surface area contributed by atoms with E-state index in [0.717, 1.165) is 0 Å². The summed E-state index contributed by atoms with van der Waals surface area (Å²) in [6.07, 6.45) is 3.61. The molecule has 12 heavy (non-hydrogen) atoms. The first kappa shape index (κ1) is 10.7. The van der Waals surface area contributed by atoms with E-state index in [9.17, 15) is 0 Å². The topological polar surface area (TPSA) is 56.7 Å². The summed E-state index contributed by atoms with van der Waals surface area (Å²) in [5, 5.41) is 3.99. The maximum atomic E-state index is 5.47. The summed E-state index contributed by atoms with van der Waals surface area (Å²) in [4.78, 5) is 3.91. The van der Waals surface area contributed by atoms with Crippen molar-refractivity contribution in [1.29, 1.82) is 0 Å². The van der Waals surface area contributed by atoms with Crippen molar-refractivity contribution in [2.24, 2.45) is 0 Å². The van der Waals surface area contributed by atoms with E-state index in [-0.39, 0.29) is 0 Å². The minimum atomic E-state index is 0.426. The first-order chi connectivity index (χ1) is 5.74. The van der Waals surface area contributed by atoms with Crippen LogP contribution in [0.1, 0.15) is 26.6 Å². The van der Waals surface area contributed by atoms with Gasteiger partial charge in [-0.15, -0.1) is 0 Å². The number of hydrogen-bond acceptors (Lipinski definition) is 3. The van der Waals surface area contributed by atoms with E-state index in [1.165, 1.54) is 4.68 Å². The van der Waals surface area contributed by atoms with E-state index in [1.807, 2.05) is 26.8 Å². The predicted molar refractivity (Wildman–Crippen MR) is 51.5 cm³/mol. The van der Waals surface area contributed by atoms with Crippen LogP contribution in [0.15, 0.2) is 6.08 Å². The fraction of sp³-hybridized carbons (Fsp3) is 0.500. The van der Waals surface area contributed by atoms with Crippen molar-refractivity contribution in [3.05, 3.63) is 11.9 Å². The molecular weight excluding hydrogens is 152 g/mol. The summed E-state index contributed by atoms with van der Waals surface area (Å²) in [5.41, 5.74) is 5.47. The molecule has 0 bridgehead atoms. The van der Waals surface area contributed by atoms with Gasteiger partial charge in [0.1, 0.15) is 5.82 Å². The number of anilines is 1. The van der Waals surface area contributed by atoms with Crippen molar-refractivity contribution in [2.75, 3.05) is 5.73 Å². The average molecular weight is 168 g/mol. The van der Waals surface area contributed by atoms with Gasteiger partial charge in [0, 0.05) is 6.20 Å². The van der Waals surface area contributed by atoms with Gasteiger partial charge in [0.2, 0.25) is 5.95 Å². The highest BCUT2D eigenvalue weighted by Crippen LogP contribution is 1.98. The molecule has 2 N–H and O–H groups in total. The largest absolute Gasteiger partial charge is 0.368 e. The molecule has 0 saturated heterocycles. The molecule has 0 aliphatic heterocycles. The number of nitrogens with two attached hydrogens (primary N) is 1. The molecule has 0 fully saturated rings. The second-order valence-corrected chi connectivity index (χ2v) is 1.94. The quantitative estimate of drug-likeness (QED) is 0.694. The Hall–Kier alpha value is -1.32. The van der Waals surface area contributed by atoms with Crippen molar-refractivity contribution in [3.8, 4) is 0 Å². The number of nitrogen functional groups attached to an aromatic ring is 1. The van der Waals surface area contributed by atoms with E-state index < -0.39 is 0 Å². The predicted octanol–water partition coefficient (Wildman–Crippen LogP) is 1.69. The minimum absolute atomic E-state index is 0.426. The Morgan fingerprint density at radius 3 is 2.33 bits per heavy atom. The monoisotopic (exact) mass is 168 g/mol. The molecule has 0 atom stereocenters. The summed E-state index contributed by atoms with van der Waals surface area (Å²) < 4.78 is 1.54. The number of rotatable bonds is 1. The molecule has 68 valence electrons. The zero-order valence-corrected chi connectivity index (χ0v) is 8.07. The summed E-state index contributed by atoms with van der Waals surface area (Å²) in [5.74, 6) is 1.12. The van der Waals surface area contributed by atoms with E-state index >= 15 is 0 Å². The lowest BCUT2D eigenvalue weighted by Crippen LogP contribution is -1.96. The smallest absolute Gasteiger partial charge is 0.223 e. The van der Waals surface area contributed by atoms with E-state index in [2.05, 4.69) is 10.1 Å². The van der Waals surface area contributed by atoms with Crippen molar-refractivity contribution in [1.82, 2.24) is 14.8 Å². The normalized spacial score (nSPS) is 9.67. The maximum absolute atomic E-state index is 5.47. The van der Waals surface area contributed by atoms with E-state index in [0.29, 0.717) is 11.8 Å². The maximum Gasteiger partial charge on any atom is 0.223 e. The lowest BCUT2D eigenvalue weighted by Gasteiger charge is -1.89. The highest BCUT2D eigenvalue weighted by Gasteiger charge is 1.96. The van der Waals surface area contributed by atoms with Crippen LogP contribution in [0.4, 0.5) is 5.95 Å². The average Bonchev–Trinajstić information content (AvgIpc) is 2.35. The van der Waals surface area contributed by atoms with Crippen LogP contribution in [0.5, 0.6) is 0 Å². The van der Waals surface area contributed by atoms with E-state index in [1.54, 1.807) is 13.1 Å². The van der Waals surface area contributed by atoms with Gasteiger partial charge in [0.15, 0.2) is 0 Å². The summed E-state index contributed by atoms with van der Waals surface area (Å²) in [7, 11) is 0. The summed E-state index contributed by atoms with van der Waals surface area (Å²) >= 11 is 0. The van der Waals surface area contributed by atoms with Crippen molar-refractivity contribution >= 4 is 12.1 Å². The van der Waals surface area contributed by atoms with Gasteiger partial charge >= 0.3 is 0 Å². The number of nitrogens with zero attached hydrogens (tertiary/aromatic N) is 3. The van der Waals surface area contributed by atoms with Gasteiger partial charge in [-0.2, -0.15) is 10.1 Å². The molecule has 0 aliphatic carbocycles. The van der Waals surface area contributed by atoms with Crippen LogP contribution < -0.4 is 5.73 Å². The molecule has 1 aromatic heterocycles. The van der Waals surface area contributed by atoms with Crippen molar-refractivity contribution in [2.45, 2.75) is 27.7 Å². The van der Waals surface area contributed by atoms with Crippen LogP contribution in [-0.2, 0) is 0 Å². The van der Waals surface area contributed by atoms with Crippen LogP contribution in [0.3, 0.4) is 0 Å². The summed E-state index contributed by atoms with van der Waals surface area (Å²) in [6, 6.07) is 0. The molecule has 0 aliphatic rings. The Kier molecular flexibility index (Phi) is 4.76. The third-order valence-electron chi connectivity index (χ3n) is 1.05. The lowest BCUT2D eigenvalue weighted by atomic mass is 10.7. The Bertz CT molecular complexity index is 250. The highest BCUT2D eigenvalue weighted by atomic mass is 15.4. The van der Waals surface area contributed by atoms with Crippen molar-refractivity contribution < 1.29 is 0 Å². The molecule has 0 radical (unpaired) electrons. The standard InChI is InChI=1S/C6H10N4.C2H6/c1-3-4-10-6(7)8-5(2)9-10;1-2/h3-4H,1-2H3,(H2,7,8,9);1-2H3/b4-3-;. The first-order valence-corrected chi connectivity index (χ1v) is 4.05. The van der Waals surface area contributed by atoms with Gasteiger partial charge in [-0.25, -0.2) is 4.68 Å². The van der Waals surface area contributed by atoms with Crippen LogP contribution in [-0.4, -0.2) is 14.8 Å². The molecular formula is C8H16N4. The van der Waals surface area contributed by atoms with Gasteiger partial charge in [0.05, 0.1) is 0 Å². The molecule has 4 nitrogen and oxygen atoms in total. The molecule has 1 rings (SSSR count). The molecule has 1 aromatic rings. The molecule has 4 heteroatoms. The van der Waals surface area contributed by atoms with E-state index in [4.69, 9.17) is 5.73 Å². The molecule has 0 amide bonds. The van der Waals surface area contributed by atoms with Gasteiger partial charge in [-0.05, 0) is 13.8 Å². The molecule has 0 unspecified atom stereocenters. The van der Waals surface area contributed by atoms with Crippen LogP contribution in [0.2, 0.25) is 0 Å². The lowest BCUT2D eigenvalue weighted by molar-refractivity contribution is 0.918. The Morgan fingerprint density at radius 1 is 1.42 bits per heavy atom. The Balaban J connectivity index is 0.000000561. The second kappa shape index (κ2) is 5.35. The highest BCUT2D eigenvalue weighted by molar-refractivity contribution is 5.31. The van der Waals surface area contributed by atoms with Gasteiger partial charge in [-0.1, -0.05) is 19.9 Å². The number of aryl methyl sites for hydroxylation is 1. The van der Waals surface area contributed by atoms with Gasteiger partial charge < -0.3 is 5.73 Å². The van der Waals surface area contributed by atoms with Crippen molar-refractivity contribution in [3.63, 3.8) is 0 Å². The zero-order chi connectivity index (χ0) is 9.56. The number of aromatic nitrogens is 3. The molecule has 1 heterocycles. The van der Waals surface area contributed by atoms with Gasteiger partial charge in [0.25, 0.3) is 0 Å². The van der Waals surface area contributed by atoms with Crippen LogP contribution in [0, 0.1) is 6.92 Å². The van der Waals surface area contributed by atoms with Crippen LogP contribution >= 0.6 is 0 Å². The fourth-order valence-corrected chi connectivity index (χ4v) is 0.697. The third kappa shape index (κ3) is 2.74. The zero-order valence-electron chi connectivity index (χ0n) is 8.07. The molecule has 0 saturated carbocycles. The second-order valence-electron chi connectivity index (χ2n) is 1.94. The fourth-order valence-electron chi connectivity index (χ4n) is 0.697. The van der Waals surface area contributed by atoms with Crippen LogP contribution in [0.25, 0.3) is 6.20 Å².